The van der Waals surface area contributed by atoms with Gasteiger partial charge < -0.3 is 13.8 Å². The molecule has 1 N–H and O–H groups in total. The zero-order valence-electron chi connectivity index (χ0n) is 36.3. The number of hydrogen-bond acceptors (Lipinski definition) is 4. The first-order valence-electron chi connectivity index (χ1n) is 22.7. The number of benzene rings is 10. The van der Waals surface area contributed by atoms with Crippen molar-refractivity contribution >= 4 is 88.2 Å². The number of nitrogens with zero attached hydrogens (tertiary/aromatic N) is 2. The van der Waals surface area contributed by atoms with Crippen LogP contribution in [0.15, 0.2) is 221 Å². The Bertz CT molecular complexity index is 4350. The molecule has 0 bridgehead atoms. The molecule has 0 unspecified atom stereocenters. The van der Waals surface area contributed by atoms with E-state index in [4.69, 9.17) is 20.4 Å². The lowest BCUT2D eigenvalue weighted by molar-refractivity contribution is 0.669. The number of nitrogens with one attached hydrogen (secondary N) is 1. The topological polar surface area (TPSA) is 67.8 Å². The van der Waals surface area contributed by atoms with Gasteiger partial charge in [-0.25, -0.2) is 9.97 Å². The van der Waals surface area contributed by atoms with Gasteiger partial charge in [0.2, 0.25) is 5.28 Å². The van der Waals surface area contributed by atoms with Crippen LogP contribution in [-0.2, 0) is 0 Å². The van der Waals surface area contributed by atoms with E-state index in [-0.39, 0.29) is 5.28 Å². The Morgan fingerprint density at radius 3 is 1.66 bits per heavy atom. The highest BCUT2D eigenvalue weighted by atomic mass is 35.5. The average molecular weight is 890 g/mol. The largest absolute Gasteiger partial charge is 0.456 e. The second-order valence-electron chi connectivity index (χ2n) is 17.5. The van der Waals surface area contributed by atoms with E-state index in [9.17, 15) is 0 Å². The molecule has 10 aromatic carbocycles. The molecule has 14 aromatic rings. The normalized spacial score (nSPS) is 11.9. The van der Waals surface area contributed by atoms with Crippen LogP contribution in [0.4, 0.5) is 0 Å². The molecular formula is C62H36ClN3O2. The van der Waals surface area contributed by atoms with Gasteiger partial charge >= 0.3 is 0 Å². The standard InChI is InChI=1S/C62H36ClN3O2/c63-62-65-54-19-3-1-14-52(54)59(66-62)37-23-21-36(22-24-37)41-25-28-48-49-29-26-42(35-58(49)67-57(48)34-41)39-10-5-9-38(31-39)40-11-6-12-43(32-40)45-15-7-17-50-53-33-44(27-30-55(53)64-60(45)50)46-16-8-18-51-47-13-2-4-20-56(47)68-61(46)51/h1-35,64H. The SMILES string of the molecule is Clc1nc(-c2ccc(-c3ccc4c(c3)oc3cc(-c5cccc(-c6cccc(-c7cccc8c7[nH]c7ccc(-c9cccc%10c9oc9ccccc9%10)cc78)c6)c5)ccc34)cc2)c2ccccc2n1. The lowest BCUT2D eigenvalue weighted by Crippen LogP contribution is -1.91. The summed E-state index contributed by atoms with van der Waals surface area (Å²) in [6.45, 7) is 0. The lowest BCUT2D eigenvalue weighted by Gasteiger charge is -2.09. The first-order chi connectivity index (χ1) is 33.6. The molecule has 0 aliphatic carbocycles. The smallest absolute Gasteiger partial charge is 0.223 e. The zero-order valence-corrected chi connectivity index (χ0v) is 37.1. The third-order valence-corrected chi connectivity index (χ3v) is 13.8. The third-order valence-electron chi connectivity index (χ3n) is 13.6. The maximum atomic E-state index is 6.59. The number of aromatic nitrogens is 3. The zero-order chi connectivity index (χ0) is 44.9. The predicted molar refractivity (Wildman–Crippen MR) is 281 cm³/mol. The molecule has 6 heteroatoms. The van der Waals surface area contributed by atoms with E-state index in [1.54, 1.807) is 0 Å². The van der Waals surface area contributed by atoms with E-state index in [0.717, 1.165) is 133 Å². The monoisotopic (exact) mass is 889 g/mol. The van der Waals surface area contributed by atoms with E-state index in [1.807, 2.05) is 36.4 Å². The lowest BCUT2D eigenvalue weighted by atomic mass is 9.95. The Kier molecular flexibility index (Phi) is 8.57. The predicted octanol–water partition coefficient (Wildman–Crippen LogP) is 17.7. The highest BCUT2D eigenvalue weighted by molar-refractivity contribution is 6.29. The van der Waals surface area contributed by atoms with Crippen LogP contribution < -0.4 is 0 Å². The van der Waals surface area contributed by atoms with Crippen molar-refractivity contribution < 1.29 is 8.83 Å². The van der Waals surface area contributed by atoms with Gasteiger partial charge in [0, 0.05) is 59.9 Å². The second-order valence-corrected chi connectivity index (χ2v) is 17.9. The highest BCUT2D eigenvalue weighted by Gasteiger charge is 2.17. The number of aromatic amines is 1. The van der Waals surface area contributed by atoms with Crippen LogP contribution >= 0.6 is 11.6 Å². The molecule has 0 amide bonds. The van der Waals surface area contributed by atoms with Crippen molar-refractivity contribution in [1.29, 1.82) is 0 Å². The number of fused-ring (bicyclic) bond motifs is 10. The first kappa shape index (κ1) is 38.5. The molecule has 68 heavy (non-hydrogen) atoms. The van der Waals surface area contributed by atoms with Crippen LogP contribution in [-0.4, -0.2) is 15.0 Å². The maximum absolute atomic E-state index is 6.59. The van der Waals surface area contributed by atoms with Crippen molar-refractivity contribution in [1.82, 2.24) is 15.0 Å². The Morgan fingerprint density at radius 1 is 0.338 bits per heavy atom. The average Bonchev–Trinajstić information content (AvgIpc) is 4.09. The molecule has 318 valence electrons. The summed E-state index contributed by atoms with van der Waals surface area (Å²) < 4.78 is 13.0. The van der Waals surface area contributed by atoms with Crippen LogP contribution in [0.3, 0.4) is 0 Å². The Balaban J connectivity index is 0.763. The molecular weight excluding hydrogens is 854 g/mol. The van der Waals surface area contributed by atoms with E-state index in [2.05, 4.69) is 191 Å². The molecule has 0 fully saturated rings. The van der Waals surface area contributed by atoms with Crippen LogP contribution in [0.25, 0.3) is 143 Å². The molecule has 0 aliphatic heterocycles. The molecule has 0 saturated heterocycles. The molecule has 4 heterocycles. The van der Waals surface area contributed by atoms with Gasteiger partial charge in [-0.3, -0.25) is 0 Å². The van der Waals surface area contributed by atoms with Crippen LogP contribution in [0.2, 0.25) is 5.28 Å². The number of hydrogen-bond donors (Lipinski definition) is 1. The number of H-pyrrole nitrogens is 1. The molecule has 0 spiro atoms. The summed E-state index contributed by atoms with van der Waals surface area (Å²) in [5, 5.41) is 8.02. The van der Waals surface area contributed by atoms with Crippen molar-refractivity contribution in [3.8, 4) is 66.9 Å². The van der Waals surface area contributed by atoms with Crippen LogP contribution in [0, 0.1) is 0 Å². The molecule has 0 aliphatic rings. The van der Waals surface area contributed by atoms with Gasteiger partial charge in [0.15, 0.2) is 0 Å². The van der Waals surface area contributed by atoms with Crippen molar-refractivity contribution in [2.75, 3.05) is 0 Å². The van der Waals surface area contributed by atoms with Gasteiger partial charge in [-0.15, -0.1) is 0 Å². The molecule has 0 atom stereocenters. The number of furan rings is 2. The summed E-state index contributed by atoms with van der Waals surface area (Å²) in [4.78, 5) is 12.8. The maximum Gasteiger partial charge on any atom is 0.223 e. The van der Waals surface area contributed by atoms with Crippen molar-refractivity contribution in [3.63, 3.8) is 0 Å². The molecule has 5 nitrogen and oxygen atoms in total. The summed E-state index contributed by atoms with van der Waals surface area (Å²) in [6, 6.07) is 74.9. The van der Waals surface area contributed by atoms with Gasteiger partial charge in [0.1, 0.15) is 22.3 Å². The number of halogens is 1. The molecule has 4 aromatic heterocycles. The first-order valence-corrected chi connectivity index (χ1v) is 23.1. The van der Waals surface area contributed by atoms with Crippen molar-refractivity contribution in [2.24, 2.45) is 0 Å². The Morgan fingerprint density at radius 2 is 0.882 bits per heavy atom. The summed E-state index contributed by atoms with van der Waals surface area (Å²) in [5.41, 5.74) is 19.6. The summed E-state index contributed by atoms with van der Waals surface area (Å²) >= 11 is 6.31. The highest BCUT2D eigenvalue weighted by Crippen LogP contribution is 2.41. The van der Waals surface area contributed by atoms with Gasteiger partial charge in [-0.1, -0.05) is 152 Å². The third kappa shape index (κ3) is 6.24. The van der Waals surface area contributed by atoms with Crippen molar-refractivity contribution in [3.05, 3.63) is 218 Å². The summed E-state index contributed by atoms with van der Waals surface area (Å²) in [5.74, 6) is 0. The van der Waals surface area contributed by atoms with Crippen molar-refractivity contribution in [2.45, 2.75) is 0 Å². The fraction of sp³-hybridized carbons (Fsp3) is 0. The van der Waals surface area contributed by atoms with Crippen LogP contribution in [0.1, 0.15) is 0 Å². The minimum atomic E-state index is 0.237. The van der Waals surface area contributed by atoms with Gasteiger partial charge in [0.05, 0.1) is 16.7 Å². The molecule has 0 saturated carbocycles. The number of para-hydroxylation sites is 4. The summed E-state index contributed by atoms with van der Waals surface area (Å²) in [7, 11) is 0. The minimum Gasteiger partial charge on any atom is -0.456 e. The minimum absolute atomic E-state index is 0.237. The van der Waals surface area contributed by atoms with E-state index < -0.39 is 0 Å². The quantitative estimate of drug-likeness (QED) is 0.169. The van der Waals surface area contributed by atoms with E-state index in [0.29, 0.717) is 0 Å². The van der Waals surface area contributed by atoms with E-state index in [1.165, 1.54) is 10.8 Å². The Hall–Kier alpha value is -8.77. The molecule has 0 radical (unpaired) electrons. The summed E-state index contributed by atoms with van der Waals surface area (Å²) in [6.07, 6.45) is 0. The fourth-order valence-corrected chi connectivity index (χ4v) is 10.4. The second kappa shape index (κ2) is 15.1. The van der Waals surface area contributed by atoms with Gasteiger partial charge in [0.25, 0.3) is 0 Å². The molecule has 14 rings (SSSR count). The van der Waals surface area contributed by atoms with Crippen LogP contribution in [0.5, 0.6) is 0 Å². The fourth-order valence-electron chi connectivity index (χ4n) is 10.3. The van der Waals surface area contributed by atoms with Gasteiger partial charge in [-0.2, -0.15) is 0 Å². The van der Waals surface area contributed by atoms with E-state index >= 15 is 0 Å². The van der Waals surface area contributed by atoms with Gasteiger partial charge in [-0.05, 0) is 117 Å². The Labute approximate surface area is 394 Å². The number of rotatable bonds is 6.